The number of aromatic nitrogens is 2. The normalized spacial score (nSPS) is 9.71. The van der Waals surface area contributed by atoms with Gasteiger partial charge >= 0.3 is 0 Å². The van der Waals surface area contributed by atoms with Crippen molar-refractivity contribution in [1.29, 1.82) is 0 Å². The molecular weight excluding hydrogens is 321 g/mol. The van der Waals surface area contributed by atoms with Crippen molar-refractivity contribution in [2.75, 3.05) is 0 Å². The van der Waals surface area contributed by atoms with E-state index < -0.39 is 4.92 Å². The number of nitro groups is 1. The summed E-state index contributed by atoms with van der Waals surface area (Å²) >= 11 is 10.8. The first-order chi connectivity index (χ1) is 9.72. The molecule has 0 spiro atoms. The summed E-state index contributed by atoms with van der Waals surface area (Å²) in [6, 6.07) is 4.39. The fourth-order valence-electron chi connectivity index (χ4n) is 1.35. The highest BCUT2D eigenvalue weighted by Gasteiger charge is 2.16. The Kier molecular flexibility index (Phi) is 5.69. The third-order valence-corrected chi connectivity index (χ3v) is 2.96. The second kappa shape index (κ2) is 7.05. The van der Waals surface area contributed by atoms with E-state index in [2.05, 4.69) is 0 Å². The number of hydrogen-bond donors (Lipinski definition) is 0. The van der Waals surface area contributed by atoms with Gasteiger partial charge in [0.15, 0.2) is 12.4 Å². The van der Waals surface area contributed by atoms with Gasteiger partial charge in [0, 0.05) is 11.6 Å². The van der Waals surface area contributed by atoms with Crippen molar-refractivity contribution in [3.63, 3.8) is 0 Å². The first kappa shape index (κ1) is 16.9. The van der Waals surface area contributed by atoms with Crippen LogP contribution in [0.4, 0.5) is 5.69 Å². The highest BCUT2D eigenvalue weighted by Crippen LogP contribution is 2.18. The highest BCUT2D eigenvalue weighted by atomic mass is 35.5. The van der Waals surface area contributed by atoms with Gasteiger partial charge in [-0.1, -0.05) is 0 Å². The lowest BCUT2D eigenvalue weighted by Gasteiger charge is -1.99. The lowest BCUT2D eigenvalue weighted by Crippen LogP contribution is -2.27. The topological polar surface area (TPSA) is 97.0 Å². The van der Waals surface area contributed by atoms with Crippen LogP contribution < -0.4 is 9.46 Å². The van der Waals surface area contributed by atoms with E-state index in [9.17, 15) is 20.5 Å². The maximum atomic E-state index is 10.8. The largest absolute Gasteiger partial charge is 0.618 e. The van der Waals surface area contributed by atoms with E-state index in [0.717, 1.165) is 17.8 Å². The standard InChI is InChI=1S/C6H5ClN2O3.C6H6ClNO/c1-4-3-8(10)6(7)2-5(4)9(11)12;1-5-2-3-6(7)8(9)4-5/h2-3H,1H3;2-4H,1H3. The van der Waals surface area contributed by atoms with Gasteiger partial charge in [-0.15, -0.1) is 0 Å². The lowest BCUT2D eigenvalue weighted by molar-refractivity contribution is -0.604. The molecule has 0 N–H and O–H groups in total. The van der Waals surface area contributed by atoms with Crippen LogP contribution in [0.25, 0.3) is 0 Å². The van der Waals surface area contributed by atoms with Crippen molar-refractivity contribution in [3.8, 4) is 0 Å². The van der Waals surface area contributed by atoms with Crippen LogP contribution in [0, 0.1) is 34.4 Å². The Bertz CT molecular complexity index is 680. The van der Waals surface area contributed by atoms with Crippen LogP contribution in [0.1, 0.15) is 11.1 Å². The summed E-state index contributed by atoms with van der Waals surface area (Å²) < 4.78 is 1.01. The predicted octanol–water partition coefficient (Wildman–Crippen LogP) is 2.47. The molecule has 0 saturated heterocycles. The molecule has 2 rings (SSSR count). The molecular formula is C12H11Cl2N3O4. The van der Waals surface area contributed by atoms with E-state index in [-0.39, 0.29) is 16.0 Å². The van der Waals surface area contributed by atoms with E-state index in [1.807, 2.05) is 6.92 Å². The monoisotopic (exact) mass is 331 g/mol. The third-order valence-electron chi connectivity index (χ3n) is 2.39. The second-order valence-corrected chi connectivity index (χ2v) is 4.88. The van der Waals surface area contributed by atoms with Gasteiger partial charge in [0.25, 0.3) is 16.0 Å². The van der Waals surface area contributed by atoms with Crippen LogP contribution in [-0.4, -0.2) is 4.92 Å². The number of rotatable bonds is 1. The van der Waals surface area contributed by atoms with Crippen molar-refractivity contribution in [2.45, 2.75) is 13.8 Å². The SMILES string of the molecule is Cc1c[n+]([O-])c(Cl)cc1[N+](=O)[O-].Cc1ccc(Cl)[n+]([O-])c1. The summed E-state index contributed by atoms with van der Waals surface area (Å²) in [7, 11) is 0. The van der Waals surface area contributed by atoms with Crippen LogP contribution >= 0.6 is 23.2 Å². The number of halogens is 2. The molecule has 0 unspecified atom stereocenters. The molecule has 0 atom stereocenters. The Hall–Kier alpha value is -2.12. The summed E-state index contributed by atoms with van der Waals surface area (Å²) in [6.07, 6.45) is 2.50. The van der Waals surface area contributed by atoms with Crippen LogP contribution in [0.15, 0.2) is 30.6 Å². The molecule has 2 aromatic rings. The van der Waals surface area contributed by atoms with Crippen LogP contribution in [-0.2, 0) is 0 Å². The molecule has 2 aromatic heterocycles. The van der Waals surface area contributed by atoms with Gasteiger partial charge in [-0.25, -0.2) is 0 Å². The second-order valence-electron chi connectivity index (χ2n) is 4.10. The molecule has 0 saturated carbocycles. The molecule has 0 aliphatic rings. The minimum absolute atomic E-state index is 0.146. The van der Waals surface area contributed by atoms with E-state index >= 15 is 0 Å². The van der Waals surface area contributed by atoms with Crippen molar-refractivity contribution in [2.24, 2.45) is 0 Å². The molecule has 0 bridgehead atoms. The van der Waals surface area contributed by atoms with Crippen molar-refractivity contribution in [1.82, 2.24) is 0 Å². The van der Waals surface area contributed by atoms with E-state index in [0.29, 0.717) is 15.0 Å². The van der Waals surface area contributed by atoms with Crippen LogP contribution in [0.3, 0.4) is 0 Å². The molecule has 0 fully saturated rings. The molecule has 2 heterocycles. The molecule has 7 nitrogen and oxygen atoms in total. The Labute approximate surface area is 130 Å². The summed E-state index contributed by atoms with van der Waals surface area (Å²) in [5, 5.41) is 31.7. The van der Waals surface area contributed by atoms with Gasteiger partial charge in [0.2, 0.25) is 0 Å². The van der Waals surface area contributed by atoms with Crippen molar-refractivity contribution < 1.29 is 14.4 Å². The maximum absolute atomic E-state index is 10.8. The Balaban J connectivity index is 0.000000219. The summed E-state index contributed by atoms with van der Waals surface area (Å²) in [4.78, 5) is 9.74. The van der Waals surface area contributed by atoms with Gasteiger partial charge in [-0.2, -0.15) is 9.46 Å². The molecule has 0 aromatic carbocycles. The van der Waals surface area contributed by atoms with Crippen molar-refractivity contribution in [3.05, 3.63) is 72.6 Å². The molecule has 0 aliphatic carbocycles. The minimum atomic E-state index is -0.582. The summed E-state index contributed by atoms with van der Waals surface area (Å²) in [6.45, 7) is 3.31. The third kappa shape index (κ3) is 4.73. The fourth-order valence-corrected chi connectivity index (χ4v) is 1.62. The molecule has 0 aliphatic heterocycles. The molecule has 0 radical (unpaired) electrons. The van der Waals surface area contributed by atoms with E-state index in [4.69, 9.17) is 23.2 Å². The van der Waals surface area contributed by atoms with Gasteiger partial charge in [-0.3, -0.25) is 10.1 Å². The van der Waals surface area contributed by atoms with Gasteiger partial charge in [-0.05, 0) is 43.1 Å². The number of hydrogen-bond acceptors (Lipinski definition) is 4. The fraction of sp³-hybridized carbons (Fsp3) is 0.167. The number of pyridine rings is 2. The number of nitrogens with zero attached hydrogens (tertiary/aromatic N) is 3. The van der Waals surface area contributed by atoms with Gasteiger partial charge in [0.05, 0.1) is 10.5 Å². The predicted molar refractivity (Wildman–Crippen MR) is 77.0 cm³/mol. The Morgan fingerprint density at radius 1 is 1.05 bits per heavy atom. The average molecular weight is 332 g/mol. The summed E-state index contributed by atoms with van der Waals surface area (Å²) in [5.41, 5.74) is 1.06. The zero-order valence-corrected chi connectivity index (χ0v) is 12.6. The number of aryl methyl sites for hydroxylation is 2. The van der Waals surface area contributed by atoms with E-state index in [1.54, 1.807) is 12.1 Å². The van der Waals surface area contributed by atoms with Crippen LogP contribution in [0.2, 0.25) is 10.3 Å². The smallest absolute Gasteiger partial charge is 0.293 e. The highest BCUT2D eigenvalue weighted by molar-refractivity contribution is 6.28. The quantitative estimate of drug-likeness (QED) is 0.263. The lowest BCUT2D eigenvalue weighted by atomic mass is 10.3. The average Bonchev–Trinajstić information content (AvgIpc) is 2.39. The Morgan fingerprint density at radius 2 is 1.62 bits per heavy atom. The molecule has 9 heteroatoms. The summed E-state index contributed by atoms with van der Waals surface area (Å²) in [5.74, 6) is 0. The van der Waals surface area contributed by atoms with E-state index in [1.165, 1.54) is 13.1 Å². The zero-order chi connectivity index (χ0) is 16.2. The minimum Gasteiger partial charge on any atom is -0.618 e. The van der Waals surface area contributed by atoms with Gasteiger partial charge < -0.3 is 10.4 Å². The molecule has 112 valence electrons. The van der Waals surface area contributed by atoms with Crippen LogP contribution in [0.5, 0.6) is 0 Å². The molecule has 21 heavy (non-hydrogen) atoms. The first-order valence-corrected chi connectivity index (χ1v) is 6.37. The first-order valence-electron chi connectivity index (χ1n) is 5.61. The Morgan fingerprint density at radius 3 is 2.10 bits per heavy atom. The zero-order valence-electron chi connectivity index (χ0n) is 11.1. The molecule has 0 amide bonds. The van der Waals surface area contributed by atoms with Crippen molar-refractivity contribution >= 4 is 28.9 Å². The maximum Gasteiger partial charge on any atom is 0.293 e. The van der Waals surface area contributed by atoms with Gasteiger partial charge in [0.1, 0.15) is 6.07 Å².